The first-order valence-corrected chi connectivity index (χ1v) is 9.64. The highest BCUT2D eigenvalue weighted by Gasteiger charge is 2.27. The Kier molecular flexibility index (Phi) is 7.64. The molecule has 4 N–H and O–H groups in total. The van der Waals surface area contributed by atoms with Crippen LogP contribution in [0.1, 0.15) is 25.6 Å². The highest BCUT2D eigenvalue weighted by atomic mass is 32.1. The standard InChI is InChI=1S/C17H21F2N7.CH4S/c1-17(21)5-2-6-26(9-17)15-7-12(23-10-24-15)13-8-22-14(25-13)4-3-11(20)16(18)19;1-2/h3-4,7-8,10,16,20H,2,5-6,9,21H2,1H3,(H,22,25);2H,1H3/b4-3-,20-11?;. The second kappa shape index (κ2) is 9.74. The molecule has 152 valence electrons. The van der Waals surface area contributed by atoms with Gasteiger partial charge in [-0.3, -0.25) is 5.41 Å². The van der Waals surface area contributed by atoms with E-state index in [2.05, 4.69) is 37.5 Å². The van der Waals surface area contributed by atoms with Crippen LogP contribution in [0, 0.1) is 5.41 Å². The van der Waals surface area contributed by atoms with Crippen LogP contribution in [-0.4, -0.2) is 57.0 Å². The Morgan fingerprint density at radius 2 is 2.14 bits per heavy atom. The number of alkyl halides is 2. The Morgan fingerprint density at radius 3 is 2.82 bits per heavy atom. The molecular formula is C18H25F2N7S. The largest absolute Gasteiger partial charge is 0.355 e. The molecular weight excluding hydrogens is 384 g/mol. The molecule has 28 heavy (non-hydrogen) atoms. The van der Waals surface area contributed by atoms with Gasteiger partial charge >= 0.3 is 0 Å². The van der Waals surface area contributed by atoms with E-state index in [9.17, 15) is 8.78 Å². The summed E-state index contributed by atoms with van der Waals surface area (Å²) in [5, 5.41) is 7.12. The number of nitrogens with two attached hydrogens (primary N) is 1. The number of hydrogen-bond donors (Lipinski definition) is 4. The van der Waals surface area contributed by atoms with E-state index < -0.39 is 12.1 Å². The number of hydrogen-bond acceptors (Lipinski definition) is 7. The molecule has 1 unspecified atom stereocenters. The number of nitrogens with one attached hydrogen (secondary N) is 2. The number of nitrogens with zero attached hydrogens (tertiary/aromatic N) is 4. The fourth-order valence-corrected chi connectivity index (χ4v) is 2.92. The van der Waals surface area contributed by atoms with Crippen LogP contribution in [0.3, 0.4) is 0 Å². The van der Waals surface area contributed by atoms with Gasteiger partial charge in [0.05, 0.1) is 23.3 Å². The zero-order valence-electron chi connectivity index (χ0n) is 15.9. The van der Waals surface area contributed by atoms with E-state index in [1.807, 2.05) is 13.0 Å². The van der Waals surface area contributed by atoms with Crippen LogP contribution in [0.4, 0.5) is 14.6 Å². The van der Waals surface area contributed by atoms with Gasteiger partial charge in [0.25, 0.3) is 6.43 Å². The predicted molar refractivity (Wildman–Crippen MR) is 111 cm³/mol. The Morgan fingerprint density at radius 1 is 1.39 bits per heavy atom. The Labute approximate surface area is 168 Å². The number of thiol groups is 1. The number of imidazole rings is 1. The van der Waals surface area contributed by atoms with Crippen LogP contribution in [0.15, 0.2) is 24.7 Å². The molecule has 0 saturated carbocycles. The van der Waals surface area contributed by atoms with Gasteiger partial charge in [-0.1, -0.05) is 0 Å². The maximum absolute atomic E-state index is 12.3. The number of piperidine rings is 1. The summed E-state index contributed by atoms with van der Waals surface area (Å²) in [4.78, 5) is 17.8. The molecule has 1 atom stereocenters. The minimum atomic E-state index is -2.80. The van der Waals surface area contributed by atoms with Gasteiger partial charge < -0.3 is 15.6 Å². The zero-order valence-corrected chi connectivity index (χ0v) is 16.8. The fourth-order valence-electron chi connectivity index (χ4n) is 2.92. The summed E-state index contributed by atoms with van der Waals surface area (Å²) >= 11 is 3.53. The van der Waals surface area contributed by atoms with Gasteiger partial charge in [0.1, 0.15) is 18.0 Å². The predicted octanol–water partition coefficient (Wildman–Crippen LogP) is 3.03. The molecule has 1 saturated heterocycles. The third-order valence-electron chi connectivity index (χ3n) is 4.23. The van der Waals surface area contributed by atoms with Crippen molar-refractivity contribution < 1.29 is 8.78 Å². The lowest BCUT2D eigenvalue weighted by Crippen LogP contribution is -2.52. The number of rotatable bonds is 5. The summed E-state index contributed by atoms with van der Waals surface area (Å²) in [5.41, 5.74) is 6.54. The summed E-state index contributed by atoms with van der Waals surface area (Å²) in [6.07, 6.45) is 6.28. The highest BCUT2D eigenvalue weighted by Crippen LogP contribution is 2.25. The van der Waals surface area contributed by atoms with Crippen LogP contribution in [0.2, 0.25) is 0 Å². The second-order valence-electron chi connectivity index (χ2n) is 6.71. The smallest absolute Gasteiger partial charge is 0.279 e. The lowest BCUT2D eigenvalue weighted by Gasteiger charge is -2.38. The average Bonchev–Trinajstić information content (AvgIpc) is 3.16. The monoisotopic (exact) mass is 409 g/mol. The van der Waals surface area contributed by atoms with Crippen molar-refractivity contribution in [3.8, 4) is 11.4 Å². The second-order valence-corrected chi connectivity index (χ2v) is 6.71. The Balaban J connectivity index is 0.00000136. The maximum atomic E-state index is 12.3. The van der Waals surface area contributed by atoms with Crippen molar-refractivity contribution in [2.45, 2.75) is 31.7 Å². The molecule has 10 heteroatoms. The van der Waals surface area contributed by atoms with Gasteiger partial charge in [0.2, 0.25) is 0 Å². The third kappa shape index (κ3) is 5.83. The molecule has 1 aliphatic rings. The number of H-pyrrole nitrogens is 1. The topological polar surface area (TPSA) is 108 Å². The molecule has 0 aromatic carbocycles. The third-order valence-corrected chi connectivity index (χ3v) is 4.23. The minimum Gasteiger partial charge on any atom is -0.355 e. The van der Waals surface area contributed by atoms with Gasteiger partial charge in [-0.05, 0) is 38.2 Å². The number of halogens is 2. The van der Waals surface area contributed by atoms with Crippen molar-refractivity contribution in [2.24, 2.45) is 5.73 Å². The van der Waals surface area contributed by atoms with Gasteiger partial charge in [-0.2, -0.15) is 12.6 Å². The zero-order chi connectivity index (χ0) is 20.7. The maximum Gasteiger partial charge on any atom is 0.279 e. The summed E-state index contributed by atoms with van der Waals surface area (Å²) in [5.74, 6) is 1.16. The molecule has 1 fully saturated rings. The van der Waals surface area contributed by atoms with Crippen molar-refractivity contribution in [1.82, 2.24) is 19.9 Å². The Bertz CT molecular complexity index is 820. The molecule has 0 bridgehead atoms. The van der Waals surface area contributed by atoms with Crippen molar-refractivity contribution in [3.63, 3.8) is 0 Å². The number of allylic oxidation sites excluding steroid dienone is 1. The van der Waals surface area contributed by atoms with Crippen LogP contribution in [0.25, 0.3) is 17.5 Å². The summed E-state index contributed by atoms with van der Waals surface area (Å²) in [7, 11) is 0. The van der Waals surface area contributed by atoms with E-state index in [1.54, 1.807) is 12.5 Å². The van der Waals surface area contributed by atoms with Crippen LogP contribution in [-0.2, 0) is 0 Å². The van der Waals surface area contributed by atoms with E-state index in [4.69, 9.17) is 11.1 Å². The van der Waals surface area contributed by atoms with Crippen molar-refractivity contribution in [2.75, 3.05) is 24.2 Å². The molecule has 2 aromatic rings. The molecule has 2 aromatic heterocycles. The molecule has 0 amide bonds. The quantitative estimate of drug-likeness (QED) is 0.448. The Hall–Kier alpha value is -2.33. The summed E-state index contributed by atoms with van der Waals surface area (Å²) in [6, 6.07) is 1.85. The first-order valence-electron chi connectivity index (χ1n) is 8.75. The van der Waals surface area contributed by atoms with E-state index >= 15 is 0 Å². The molecule has 7 nitrogen and oxygen atoms in total. The summed E-state index contributed by atoms with van der Waals surface area (Å²) in [6.45, 7) is 3.64. The van der Waals surface area contributed by atoms with Crippen LogP contribution in [0.5, 0.6) is 0 Å². The normalized spacial score (nSPS) is 19.6. The number of aromatic amines is 1. The average molecular weight is 410 g/mol. The molecule has 3 heterocycles. The highest BCUT2D eigenvalue weighted by molar-refractivity contribution is 7.79. The minimum absolute atomic E-state index is 0.246. The molecule has 1 aliphatic heterocycles. The van der Waals surface area contributed by atoms with E-state index in [1.165, 1.54) is 12.4 Å². The van der Waals surface area contributed by atoms with Crippen LogP contribution >= 0.6 is 12.6 Å². The molecule has 0 radical (unpaired) electrons. The van der Waals surface area contributed by atoms with Crippen molar-refractivity contribution >= 4 is 30.2 Å². The van der Waals surface area contributed by atoms with Crippen LogP contribution < -0.4 is 10.6 Å². The molecule has 0 spiro atoms. The van der Waals surface area contributed by atoms with Gasteiger partial charge in [-0.25, -0.2) is 23.7 Å². The van der Waals surface area contributed by atoms with Crippen molar-refractivity contribution in [1.29, 1.82) is 5.41 Å². The van der Waals surface area contributed by atoms with Gasteiger partial charge in [0.15, 0.2) is 0 Å². The SMILES string of the molecule is CC1(N)CCCN(c2cc(-c3cnc(/C=C\C(=N)C(F)F)[nH]3)ncn2)C1.CS. The van der Waals surface area contributed by atoms with E-state index in [0.29, 0.717) is 17.2 Å². The van der Waals surface area contributed by atoms with E-state index in [0.717, 1.165) is 37.8 Å². The van der Waals surface area contributed by atoms with Gasteiger partial charge in [-0.15, -0.1) is 0 Å². The first-order chi connectivity index (χ1) is 13.3. The molecule has 3 rings (SSSR count). The molecule has 0 aliphatic carbocycles. The lowest BCUT2D eigenvalue weighted by atomic mass is 9.92. The number of aromatic nitrogens is 4. The van der Waals surface area contributed by atoms with E-state index in [-0.39, 0.29) is 5.54 Å². The summed E-state index contributed by atoms with van der Waals surface area (Å²) < 4.78 is 24.7. The number of anilines is 1. The first kappa shape index (κ1) is 22.0. The van der Waals surface area contributed by atoms with Gasteiger partial charge in [0, 0.05) is 24.7 Å². The fraction of sp³-hybridized carbons (Fsp3) is 0.444. The lowest BCUT2D eigenvalue weighted by molar-refractivity contribution is 0.226. The van der Waals surface area contributed by atoms with Crippen molar-refractivity contribution in [3.05, 3.63) is 30.5 Å².